The zero-order chi connectivity index (χ0) is 7.28. The Bertz CT molecular complexity index is 149. The summed E-state index contributed by atoms with van der Waals surface area (Å²) < 4.78 is 0. The van der Waals surface area contributed by atoms with Crippen molar-refractivity contribution in [3.63, 3.8) is 0 Å². The standard InChI is InChI=1S/C6H10N2S/c1-3-5(7)6(8)9-4-2/h3-4H,1-2,7-8H2/b6-5-. The van der Waals surface area contributed by atoms with Crippen LogP contribution in [0.25, 0.3) is 0 Å². The second-order valence-corrected chi connectivity index (χ2v) is 2.32. The first-order chi connectivity index (χ1) is 4.22. The number of thioether (sulfide) groups is 1. The Morgan fingerprint density at radius 2 is 1.89 bits per heavy atom. The van der Waals surface area contributed by atoms with Gasteiger partial charge in [0.25, 0.3) is 0 Å². The smallest absolute Gasteiger partial charge is 0.0931 e. The van der Waals surface area contributed by atoms with Crippen LogP contribution in [-0.4, -0.2) is 0 Å². The highest BCUT2D eigenvalue weighted by molar-refractivity contribution is 8.05. The lowest BCUT2D eigenvalue weighted by Crippen LogP contribution is -2.03. The van der Waals surface area contributed by atoms with Crippen LogP contribution in [0.1, 0.15) is 0 Å². The monoisotopic (exact) mass is 142 g/mol. The normalized spacial score (nSPS) is 12.0. The Morgan fingerprint density at radius 3 is 2.22 bits per heavy atom. The summed E-state index contributed by atoms with van der Waals surface area (Å²) in [4.78, 5) is 0. The highest BCUT2D eigenvalue weighted by atomic mass is 32.2. The van der Waals surface area contributed by atoms with Crippen LogP contribution in [0.4, 0.5) is 0 Å². The summed E-state index contributed by atoms with van der Waals surface area (Å²) in [6, 6.07) is 0. The van der Waals surface area contributed by atoms with Gasteiger partial charge in [-0.2, -0.15) is 0 Å². The van der Waals surface area contributed by atoms with Crippen LogP contribution in [0.2, 0.25) is 0 Å². The minimum Gasteiger partial charge on any atom is -0.397 e. The van der Waals surface area contributed by atoms with Crippen LogP contribution in [0.3, 0.4) is 0 Å². The molecule has 2 nitrogen and oxygen atoms in total. The average molecular weight is 142 g/mol. The maximum atomic E-state index is 5.41. The number of rotatable bonds is 3. The molecule has 0 aromatic carbocycles. The quantitative estimate of drug-likeness (QED) is 0.581. The summed E-state index contributed by atoms with van der Waals surface area (Å²) in [5.74, 6) is 0. The van der Waals surface area contributed by atoms with Crippen LogP contribution >= 0.6 is 11.8 Å². The van der Waals surface area contributed by atoms with E-state index in [1.54, 1.807) is 5.41 Å². The van der Waals surface area contributed by atoms with Crippen LogP contribution in [0.15, 0.2) is 35.4 Å². The van der Waals surface area contributed by atoms with Crippen LogP contribution in [-0.2, 0) is 0 Å². The zero-order valence-corrected chi connectivity index (χ0v) is 5.95. The molecule has 0 bridgehead atoms. The average Bonchev–Trinajstić information content (AvgIpc) is 1.87. The van der Waals surface area contributed by atoms with Gasteiger partial charge in [-0.05, 0) is 11.5 Å². The highest BCUT2D eigenvalue weighted by Gasteiger charge is 1.89. The number of allylic oxidation sites excluding steroid dienone is 1. The minimum atomic E-state index is 0.500. The van der Waals surface area contributed by atoms with Gasteiger partial charge in [-0.3, -0.25) is 0 Å². The summed E-state index contributed by atoms with van der Waals surface area (Å²) >= 11 is 1.29. The van der Waals surface area contributed by atoms with Gasteiger partial charge in [0.05, 0.1) is 10.7 Å². The summed E-state index contributed by atoms with van der Waals surface area (Å²) in [5.41, 5.74) is 11.3. The first-order valence-electron chi connectivity index (χ1n) is 2.37. The molecule has 4 N–H and O–H groups in total. The lowest BCUT2D eigenvalue weighted by Gasteiger charge is -1.96. The number of hydrogen-bond acceptors (Lipinski definition) is 3. The van der Waals surface area contributed by atoms with E-state index in [1.165, 1.54) is 17.8 Å². The second-order valence-electron chi connectivity index (χ2n) is 1.31. The van der Waals surface area contributed by atoms with E-state index in [0.717, 1.165) is 0 Å². The molecule has 0 atom stereocenters. The van der Waals surface area contributed by atoms with Crippen molar-refractivity contribution in [2.45, 2.75) is 0 Å². The topological polar surface area (TPSA) is 52.0 Å². The predicted molar refractivity (Wildman–Crippen MR) is 43.4 cm³/mol. The number of nitrogens with two attached hydrogens (primary N) is 2. The maximum absolute atomic E-state index is 5.41. The first kappa shape index (κ1) is 8.17. The third-order valence-electron chi connectivity index (χ3n) is 0.715. The molecule has 3 heteroatoms. The molecule has 0 aliphatic rings. The molecular weight excluding hydrogens is 132 g/mol. The van der Waals surface area contributed by atoms with Crippen LogP contribution < -0.4 is 11.5 Å². The van der Waals surface area contributed by atoms with Crippen molar-refractivity contribution in [2.24, 2.45) is 11.5 Å². The van der Waals surface area contributed by atoms with E-state index in [1.807, 2.05) is 0 Å². The van der Waals surface area contributed by atoms with E-state index in [9.17, 15) is 0 Å². The molecule has 0 fully saturated rings. The Kier molecular flexibility index (Phi) is 3.71. The zero-order valence-electron chi connectivity index (χ0n) is 5.13. The first-order valence-corrected chi connectivity index (χ1v) is 3.25. The van der Waals surface area contributed by atoms with Crippen molar-refractivity contribution in [3.05, 3.63) is 35.4 Å². The largest absolute Gasteiger partial charge is 0.397 e. The van der Waals surface area contributed by atoms with Gasteiger partial charge in [0.15, 0.2) is 0 Å². The fourth-order valence-corrected chi connectivity index (χ4v) is 0.657. The maximum Gasteiger partial charge on any atom is 0.0931 e. The van der Waals surface area contributed by atoms with Crippen molar-refractivity contribution in [3.8, 4) is 0 Å². The highest BCUT2D eigenvalue weighted by Crippen LogP contribution is 2.11. The van der Waals surface area contributed by atoms with Crippen molar-refractivity contribution in [1.82, 2.24) is 0 Å². The molecule has 0 heterocycles. The molecule has 0 rings (SSSR count). The van der Waals surface area contributed by atoms with Crippen LogP contribution in [0.5, 0.6) is 0 Å². The molecule has 0 spiro atoms. The van der Waals surface area contributed by atoms with Gasteiger partial charge in [-0.15, -0.1) is 0 Å². The van der Waals surface area contributed by atoms with Gasteiger partial charge in [0.2, 0.25) is 0 Å². The fourth-order valence-electron chi connectivity index (χ4n) is 0.258. The molecule has 0 aliphatic carbocycles. The SMILES string of the molecule is C=CS/C(N)=C(\N)C=C. The minimum absolute atomic E-state index is 0.500. The number of hydrogen-bond donors (Lipinski definition) is 2. The molecule has 0 aliphatic heterocycles. The van der Waals surface area contributed by atoms with E-state index in [4.69, 9.17) is 11.5 Å². The molecule has 0 radical (unpaired) electrons. The fraction of sp³-hybridized carbons (Fsp3) is 0. The van der Waals surface area contributed by atoms with Crippen molar-refractivity contribution in [1.29, 1.82) is 0 Å². The Balaban J connectivity index is 4.08. The molecule has 0 unspecified atom stereocenters. The Labute approximate surface area is 59.3 Å². The van der Waals surface area contributed by atoms with Gasteiger partial charge >= 0.3 is 0 Å². The lowest BCUT2D eigenvalue weighted by atomic mass is 10.5. The summed E-state index contributed by atoms with van der Waals surface area (Å²) in [6.45, 7) is 6.93. The van der Waals surface area contributed by atoms with Crippen molar-refractivity contribution < 1.29 is 0 Å². The molecule has 0 amide bonds. The second kappa shape index (κ2) is 4.09. The molecule has 0 aromatic rings. The summed E-state index contributed by atoms with van der Waals surface area (Å²) in [7, 11) is 0. The van der Waals surface area contributed by atoms with Crippen LogP contribution in [0, 0.1) is 0 Å². The van der Waals surface area contributed by atoms with Gasteiger partial charge < -0.3 is 11.5 Å². The van der Waals surface area contributed by atoms with E-state index >= 15 is 0 Å². The molecule has 0 saturated carbocycles. The Morgan fingerprint density at radius 1 is 1.33 bits per heavy atom. The lowest BCUT2D eigenvalue weighted by molar-refractivity contribution is 1.35. The Hall–Kier alpha value is -0.830. The predicted octanol–water partition coefficient (Wildman–Crippen LogP) is 1.14. The third-order valence-corrected chi connectivity index (χ3v) is 1.37. The molecule has 50 valence electrons. The van der Waals surface area contributed by atoms with E-state index in [2.05, 4.69) is 13.2 Å². The van der Waals surface area contributed by atoms with E-state index in [-0.39, 0.29) is 0 Å². The van der Waals surface area contributed by atoms with E-state index < -0.39 is 0 Å². The molecule has 0 saturated heterocycles. The van der Waals surface area contributed by atoms with Gasteiger partial charge in [0, 0.05) is 0 Å². The van der Waals surface area contributed by atoms with Gasteiger partial charge in [-0.1, -0.05) is 24.9 Å². The molecule has 0 aromatic heterocycles. The van der Waals surface area contributed by atoms with Crippen molar-refractivity contribution >= 4 is 11.8 Å². The van der Waals surface area contributed by atoms with Gasteiger partial charge in [0.1, 0.15) is 0 Å². The van der Waals surface area contributed by atoms with Gasteiger partial charge in [-0.25, -0.2) is 0 Å². The molecular formula is C6H10N2S. The van der Waals surface area contributed by atoms with Crippen molar-refractivity contribution in [2.75, 3.05) is 0 Å². The summed E-state index contributed by atoms with van der Waals surface area (Å²) in [6.07, 6.45) is 1.51. The summed E-state index contributed by atoms with van der Waals surface area (Å²) in [5, 5.41) is 2.16. The van der Waals surface area contributed by atoms with E-state index in [0.29, 0.717) is 10.7 Å². The molecule has 9 heavy (non-hydrogen) atoms. The third kappa shape index (κ3) is 2.87.